The van der Waals surface area contributed by atoms with Crippen molar-refractivity contribution in [2.24, 2.45) is 5.73 Å². The molecule has 1 saturated heterocycles. The molecular weight excluding hydrogens is 216 g/mol. The fourth-order valence-corrected chi connectivity index (χ4v) is 2.77. The van der Waals surface area contributed by atoms with Crippen LogP contribution in [0.15, 0.2) is 0 Å². The zero-order valence-corrected chi connectivity index (χ0v) is 10.9. The molecule has 1 aliphatic carbocycles. The monoisotopic (exact) mass is 242 g/mol. The maximum Gasteiger partial charge on any atom is 0.0601 e. The smallest absolute Gasteiger partial charge is 0.0601 e. The molecular formula is C13H26N2O2. The fraction of sp³-hybridized carbons (Fsp3) is 1.00. The van der Waals surface area contributed by atoms with Gasteiger partial charge in [0.25, 0.3) is 0 Å². The minimum Gasteiger partial charge on any atom is -0.381 e. The lowest BCUT2D eigenvalue weighted by Gasteiger charge is -2.45. The maximum absolute atomic E-state index is 5.81. The lowest BCUT2D eigenvalue weighted by Crippen LogP contribution is -2.51. The molecule has 0 amide bonds. The van der Waals surface area contributed by atoms with E-state index in [1.165, 1.54) is 38.8 Å². The van der Waals surface area contributed by atoms with Gasteiger partial charge in [0, 0.05) is 32.8 Å². The van der Waals surface area contributed by atoms with E-state index in [1.807, 2.05) is 7.11 Å². The minimum atomic E-state index is 0.469. The topological polar surface area (TPSA) is 47.7 Å². The molecule has 0 spiro atoms. The second-order valence-electron chi connectivity index (χ2n) is 5.23. The van der Waals surface area contributed by atoms with Gasteiger partial charge >= 0.3 is 0 Å². The molecule has 4 heteroatoms. The van der Waals surface area contributed by atoms with Crippen molar-refractivity contribution in [1.82, 2.24) is 4.90 Å². The van der Waals surface area contributed by atoms with E-state index in [0.717, 1.165) is 25.6 Å². The Balaban J connectivity index is 1.58. The molecule has 4 nitrogen and oxygen atoms in total. The summed E-state index contributed by atoms with van der Waals surface area (Å²) in [5.41, 5.74) is 5.46. The van der Waals surface area contributed by atoms with Crippen LogP contribution in [0.2, 0.25) is 0 Å². The molecule has 1 heterocycles. The van der Waals surface area contributed by atoms with E-state index < -0.39 is 0 Å². The summed E-state index contributed by atoms with van der Waals surface area (Å²) in [6, 6.07) is 0.768. The average Bonchev–Trinajstić information content (AvgIpc) is 2.30. The van der Waals surface area contributed by atoms with Gasteiger partial charge in [0.1, 0.15) is 0 Å². The molecule has 0 aromatic rings. The number of piperidine rings is 1. The van der Waals surface area contributed by atoms with E-state index in [2.05, 4.69) is 4.90 Å². The fourth-order valence-electron chi connectivity index (χ4n) is 2.77. The summed E-state index contributed by atoms with van der Waals surface area (Å²) in [6.45, 7) is 3.94. The van der Waals surface area contributed by atoms with Gasteiger partial charge in [-0.25, -0.2) is 0 Å². The Morgan fingerprint density at radius 2 is 1.88 bits per heavy atom. The summed E-state index contributed by atoms with van der Waals surface area (Å²) < 4.78 is 11.1. The molecule has 0 unspecified atom stereocenters. The van der Waals surface area contributed by atoms with Gasteiger partial charge in [0.2, 0.25) is 0 Å². The quantitative estimate of drug-likeness (QED) is 0.706. The number of ether oxygens (including phenoxy) is 2. The Bertz CT molecular complexity index is 211. The van der Waals surface area contributed by atoms with Crippen LogP contribution in [0.4, 0.5) is 0 Å². The predicted molar refractivity (Wildman–Crippen MR) is 68.0 cm³/mol. The Morgan fingerprint density at radius 1 is 1.18 bits per heavy atom. The Morgan fingerprint density at radius 3 is 2.47 bits per heavy atom. The van der Waals surface area contributed by atoms with Gasteiger partial charge in [0.05, 0.1) is 12.2 Å². The highest BCUT2D eigenvalue weighted by Gasteiger charge is 2.35. The molecule has 2 aliphatic rings. The van der Waals surface area contributed by atoms with Gasteiger partial charge in [0.15, 0.2) is 0 Å². The zero-order chi connectivity index (χ0) is 12.1. The van der Waals surface area contributed by atoms with Gasteiger partial charge < -0.3 is 15.2 Å². The third-order valence-electron chi connectivity index (χ3n) is 4.10. The summed E-state index contributed by atoms with van der Waals surface area (Å²) in [6.07, 6.45) is 6.76. The van der Waals surface area contributed by atoms with Crippen molar-refractivity contribution in [3.63, 3.8) is 0 Å². The maximum atomic E-state index is 5.81. The molecule has 0 radical (unpaired) electrons. The third-order valence-corrected chi connectivity index (χ3v) is 4.10. The summed E-state index contributed by atoms with van der Waals surface area (Å²) in [7, 11) is 1.82. The van der Waals surface area contributed by atoms with Crippen molar-refractivity contribution >= 4 is 0 Å². The molecule has 0 atom stereocenters. The van der Waals surface area contributed by atoms with Crippen LogP contribution >= 0.6 is 0 Å². The van der Waals surface area contributed by atoms with Crippen LogP contribution in [0.5, 0.6) is 0 Å². The van der Waals surface area contributed by atoms with Gasteiger partial charge in [-0.05, 0) is 38.6 Å². The van der Waals surface area contributed by atoms with Crippen LogP contribution in [-0.4, -0.2) is 56.5 Å². The first-order valence-electron chi connectivity index (χ1n) is 6.92. The summed E-state index contributed by atoms with van der Waals surface area (Å²) in [5.74, 6) is 0. The van der Waals surface area contributed by atoms with Gasteiger partial charge in [-0.2, -0.15) is 0 Å². The third kappa shape index (κ3) is 3.65. The van der Waals surface area contributed by atoms with Crippen molar-refractivity contribution < 1.29 is 9.47 Å². The van der Waals surface area contributed by atoms with E-state index in [-0.39, 0.29) is 0 Å². The standard InChI is InChI=1S/C13H26N2O2/c1-16-13-9-11(10-13)15-6-3-12(4-7-15)17-8-2-5-14/h11-13H,2-10,14H2,1H3. The van der Waals surface area contributed by atoms with Crippen molar-refractivity contribution in [2.45, 2.75) is 50.4 Å². The molecule has 1 aliphatic heterocycles. The second-order valence-corrected chi connectivity index (χ2v) is 5.23. The first-order chi connectivity index (χ1) is 8.33. The molecule has 2 N–H and O–H groups in total. The normalized spacial score (nSPS) is 31.4. The summed E-state index contributed by atoms with van der Waals surface area (Å²) in [5, 5.41) is 0. The minimum absolute atomic E-state index is 0.469. The van der Waals surface area contributed by atoms with Crippen LogP contribution in [0, 0.1) is 0 Å². The number of methoxy groups -OCH3 is 1. The van der Waals surface area contributed by atoms with E-state index in [1.54, 1.807) is 0 Å². The SMILES string of the molecule is COC1CC(N2CCC(OCCCN)CC2)C1. The van der Waals surface area contributed by atoms with Crippen LogP contribution < -0.4 is 5.73 Å². The highest BCUT2D eigenvalue weighted by molar-refractivity contribution is 4.90. The van der Waals surface area contributed by atoms with E-state index in [4.69, 9.17) is 15.2 Å². The molecule has 17 heavy (non-hydrogen) atoms. The largest absolute Gasteiger partial charge is 0.381 e. The van der Waals surface area contributed by atoms with Crippen molar-refractivity contribution in [2.75, 3.05) is 33.4 Å². The number of hydrogen-bond donors (Lipinski definition) is 1. The number of nitrogens with zero attached hydrogens (tertiary/aromatic N) is 1. The molecule has 0 aromatic heterocycles. The van der Waals surface area contributed by atoms with E-state index in [9.17, 15) is 0 Å². The van der Waals surface area contributed by atoms with E-state index in [0.29, 0.717) is 12.2 Å². The van der Waals surface area contributed by atoms with Gasteiger partial charge in [-0.1, -0.05) is 0 Å². The van der Waals surface area contributed by atoms with Crippen LogP contribution in [0.3, 0.4) is 0 Å². The number of likely N-dealkylation sites (tertiary alicyclic amines) is 1. The van der Waals surface area contributed by atoms with Crippen molar-refractivity contribution in [3.05, 3.63) is 0 Å². The summed E-state index contributed by atoms with van der Waals surface area (Å²) in [4.78, 5) is 2.61. The molecule has 100 valence electrons. The van der Waals surface area contributed by atoms with Crippen LogP contribution in [-0.2, 0) is 9.47 Å². The van der Waals surface area contributed by atoms with E-state index >= 15 is 0 Å². The van der Waals surface area contributed by atoms with Crippen molar-refractivity contribution in [1.29, 1.82) is 0 Å². The first kappa shape index (κ1) is 13.3. The highest BCUT2D eigenvalue weighted by Crippen LogP contribution is 2.30. The van der Waals surface area contributed by atoms with Crippen LogP contribution in [0.1, 0.15) is 32.1 Å². The zero-order valence-electron chi connectivity index (χ0n) is 10.9. The Kier molecular flexibility index (Phi) is 5.22. The molecule has 2 rings (SSSR count). The van der Waals surface area contributed by atoms with Gasteiger partial charge in [-0.3, -0.25) is 4.90 Å². The lowest BCUT2D eigenvalue weighted by molar-refractivity contribution is -0.0553. The molecule has 0 bridgehead atoms. The summed E-state index contributed by atoms with van der Waals surface area (Å²) >= 11 is 0. The number of rotatable bonds is 6. The Hall–Kier alpha value is -0.160. The highest BCUT2D eigenvalue weighted by atomic mass is 16.5. The Labute approximate surface area is 104 Å². The molecule has 0 aromatic carbocycles. The predicted octanol–water partition coefficient (Wildman–Crippen LogP) is 0.994. The molecule has 2 fully saturated rings. The number of hydrogen-bond acceptors (Lipinski definition) is 4. The second kappa shape index (κ2) is 6.69. The first-order valence-corrected chi connectivity index (χ1v) is 6.92. The van der Waals surface area contributed by atoms with Crippen molar-refractivity contribution in [3.8, 4) is 0 Å². The lowest BCUT2D eigenvalue weighted by atomic mass is 9.86. The van der Waals surface area contributed by atoms with Crippen LogP contribution in [0.25, 0.3) is 0 Å². The number of nitrogens with two attached hydrogens (primary N) is 1. The molecule has 1 saturated carbocycles. The van der Waals surface area contributed by atoms with Gasteiger partial charge in [-0.15, -0.1) is 0 Å². The average molecular weight is 242 g/mol.